The number of rotatable bonds is 9. The van der Waals surface area contributed by atoms with Crippen LogP contribution in [0.2, 0.25) is 0 Å². The minimum atomic E-state index is -4.20. The fourth-order valence-corrected chi connectivity index (χ4v) is 7.62. The summed E-state index contributed by atoms with van der Waals surface area (Å²) in [5, 5.41) is 2.72. The number of fused-ring (bicyclic) bond motifs is 1. The van der Waals surface area contributed by atoms with Crippen LogP contribution in [0.1, 0.15) is 31.2 Å². The van der Waals surface area contributed by atoms with Gasteiger partial charge in [0.1, 0.15) is 0 Å². The number of nitrogens with one attached hydrogen (secondary N) is 1. The molecule has 0 aromatic heterocycles. The zero-order valence-electron chi connectivity index (χ0n) is 21.9. The zero-order valence-corrected chi connectivity index (χ0v) is 23.5. The number of hydrogen-bond donors (Lipinski definition) is 1. The van der Waals surface area contributed by atoms with Gasteiger partial charge in [-0.15, -0.1) is 0 Å². The molecule has 0 radical (unpaired) electrons. The summed E-state index contributed by atoms with van der Waals surface area (Å²) in [6, 6.07) is 19.0. The van der Waals surface area contributed by atoms with E-state index >= 15 is 0 Å². The van der Waals surface area contributed by atoms with Gasteiger partial charge in [-0.25, -0.2) is 16.8 Å². The maximum absolute atomic E-state index is 13.8. The SMILES string of the molecule is O=C(CN(Cc1ccc2c(c1)OCO2)S(=O)(=O)c1ccc(S(=O)(=O)N2CCCCCC2)cc1)Nc1ccccc1. The molecule has 0 aliphatic carbocycles. The molecule has 10 nitrogen and oxygen atoms in total. The second-order valence-corrected chi connectivity index (χ2v) is 13.5. The van der Waals surface area contributed by atoms with Gasteiger partial charge in [0.25, 0.3) is 0 Å². The molecule has 5 rings (SSSR count). The third-order valence-electron chi connectivity index (χ3n) is 6.84. The van der Waals surface area contributed by atoms with Gasteiger partial charge >= 0.3 is 0 Å². The van der Waals surface area contributed by atoms with E-state index in [1.54, 1.807) is 42.5 Å². The van der Waals surface area contributed by atoms with Gasteiger partial charge in [-0.1, -0.05) is 37.1 Å². The third kappa shape index (κ3) is 6.30. The molecule has 1 fully saturated rings. The predicted molar refractivity (Wildman–Crippen MR) is 149 cm³/mol. The number of benzene rings is 3. The lowest BCUT2D eigenvalue weighted by Gasteiger charge is -2.23. The first-order valence-electron chi connectivity index (χ1n) is 13.1. The maximum Gasteiger partial charge on any atom is 0.243 e. The molecule has 0 atom stereocenters. The first kappa shape index (κ1) is 28.1. The molecule has 3 aromatic rings. The summed E-state index contributed by atoms with van der Waals surface area (Å²) >= 11 is 0. The summed E-state index contributed by atoms with van der Waals surface area (Å²) in [4.78, 5) is 12.8. The van der Waals surface area contributed by atoms with Crippen LogP contribution in [-0.2, 0) is 31.4 Å². The molecule has 2 aliphatic heterocycles. The van der Waals surface area contributed by atoms with Crippen LogP contribution in [-0.4, -0.2) is 57.8 Å². The number of anilines is 1. The van der Waals surface area contributed by atoms with Gasteiger partial charge in [0.2, 0.25) is 32.7 Å². The smallest absolute Gasteiger partial charge is 0.243 e. The van der Waals surface area contributed by atoms with E-state index in [2.05, 4.69) is 5.32 Å². The summed E-state index contributed by atoms with van der Waals surface area (Å²) < 4.78 is 67.2. The average Bonchev–Trinajstić information content (AvgIpc) is 3.23. The van der Waals surface area contributed by atoms with E-state index in [0.29, 0.717) is 35.8 Å². The van der Waals surface area contributed by atoms with E-state index in [1.807, 2.05) is 6.07 Å². The highest BCUT2D eigenvalue weighted by molar-refractivity contribution is 7.89. The van der Waals surface area contributed by atoms with E-state index in [-0.39, 0.29) is 23.1 Å². The minimum absolute atomic E-state index is 0.0393. The van der Waals surface area contributed by atoms with Crippen molar-refractivity contribution in [1.29, 1.82) is 0 Å². The molecule has 40 heavy (non-hydrogen) atoms. The molecule has 3 aromatic carbocycles. The van der Waals surface area contributed by atoms with Crippen LogP contribution in [0, 0.1) is 0 Å². The molecule has 0 spiro atoms. The van der Waals surface area contributed by atoms with E-state index in [4.69, 9.17) is 9.47 Å². The van der Waals surface area contributed by atoms with Crippen LogP contribution in [0.4, 0.5) is 5.69 Å². The molecular formula is C28H31N3O7S2. The second-order valence-electron chi connectivity index (χ2n) is 9.66. The number of carbonyl (C=O) groups excluding carboxylic acids is 1. The Labute approximate surface area is 234 Å². The molecule has 1 saturated heterocycles. The number of ether oxygens (including phenoxy) is 2. The average molecular weight is 586 g/mol. The first-order chi connectivity index (χ1) is 19.2. The highest BCUT2D eigenvalue weighted by Gasteiger charge is 2.30. The van der Waals surface area contributed by atoms with Crippen LogP contribution in [0.15, 0.2) is 82.6 Å². The van der Waals surface area contributed by atoms with Crippen molar-refractivity contribution in [2.45, 2.75) is 42.0 Å². The summed E-state index contributed by atoms with van der Waals surface area (Å²) in [6.45, 7) is 0.395. The number of amides is 1. The Kier molecular flexibility index (Phi) is 8.40. The molecule has 0 saturated carbocycles. The Morgan fingerprint density at radius 1 is 0.800 bits per heavy atom. The molecule has 1 N–H and O–H groups in total. The first-order valence-corrected chi connectivity index (χ1v) is 16.0. The molecule has 2 heterocycles. The lowest BCUT2D eigenvalue weighted by molar-refractivity contribution is -0.116. The Balaban J connectivity index is 1.40. The Bertz CT molecular complexity index is 1550. The fraction of sp³-hybridized carbons (Fsp3) is 0.321. The Morgan fingerprint density at radius 2 is 1.45 bits per heavy atom. The van der Waals surface area contributed by atoms with Crippen molar-refractivity contribution in [3.63, 3.8) is 0 Å². The fourth-order valence-electron chi connectivity index (χ4n) is 4.71. The monoisotopic (exact) mass is 585 g/mol. The van der Waals surface area contributed by atoms with Crippen LogP contribution in [0.3, 0.4) is 0 Å². The number of hydrogen-bond acceptors (Lipinski definition) is 7. The molecule has 212 valence electrons. The van der Waals surface area contributed by atoms with E-state index < -0.39 is 32.5 Å². The molecule has 1 amide bonds. The topological polar surface area (TPSA) is 122 Å². The summed E-state index contributed by atoms with van der Waals surface area (Å²) in [5.41, 5.74) is 1.14. The van der Waals surface area contributed by atoms with Crippen molar-refractivity contribution in [2.24, 2.45) is 0 Å². The van der Waals surface area contributed by atoms with Gasteiger partial charge in [0.05, 0.1) is 16.3 Å². The standard InChI is InChI=1S/C28H31N3O7S2/c32-28(29-23-8-4-3-5-9-23)20-31(19-22-10-15-26-27(18-22)38-21-37-26)40(35,36)25-13-11-24(12-14-25)39(33,34)30-16-6-1-2-7-17-30/h3-5,8-15,18H,1-2,6-7,16-17,19-21H2,(H,29,32). The van der Waals surface area contributed by atoms with Crippen LogP contribution in [0.5, 0.6) is 11.5 Å². The van der Waals surface area contributed by atoms with Crippen LogP contribution < -0.4 is 14.8 Å². The Morgan fingerprint density at radius 3 is 2.15 bits per heavy atom. The maximum atomic E-state index is 13.8. The van der Waals surface area contributed by atoms with Crippen molar-refractivity contribution in [2.75, 3.05) is 31.7 Å². The van der Waals surface area contributed by atoms with Crippen molar-refractivity contribution < 1.29 is 31.1 Å². The molecule has 0 bridgehead atoms. The lowest BCUT2D eigenvalue weighted by atomic mass is 10.2. The molecule has 0 unspecified atom stereocenters. The molecule has 12 heteroatoms. The van der Waals surface area contributed by atoms with Crippen molar-refractivity contribution in [3.05, 3.63) is 78.4 Å². The highest BCUT2D eigenvalue weighted by Crippen LogP contribution is 2.33. The molecule has 2 aliphatic rings. The van der Waals surface area contributed by atoms with Gasteiger partial charge in [-0.3, -0.25) is 4.79 Å². The predicted octanol–water partition coefficient (Wildman–Crippen LogP) is 3.81. The summed E-state index contributed by atoms with van der Waals surface area (Å²) in [7, 11) is -7.94. The van der Waals surface area contributed by atoms with E-state index in [9.17, 15) is 21.6 Å². The second kappa shape index (κ2) is 12.0. The lowest BCUT2D eigenvalue weighted by Crippen LogP contribution is -2.37. The van der Waals surface area contributed by atoms with Gasteiger partial charge in [0, 0.05) is 25.3 Å². The van der Waals surface area contributed by atoms with E-state index in [0.717, 1.165) is 30.0 Å². The van der Waals surface area contributed by atoms with Gasteiger partial charge in [-0.05, 0) is 66.9 Å². The van der Waals surface area contributed by atoms with Gasteiger partial charge < -0.3 is 14.8 Å². The number of carbonyl (C=O) groups is 1. The van der Waals surface area contributed by atoms with Crippen molar-refractivity contribution in [1.82, 2.24) is 8.61 Å². The number of para-hydroxylation sites is 1. The third-order valence-corrected chi connectivity index (χ3v) is 10.6. The summed E-state index contributed by atoms with van der Waals surface area (Å²) in [6.07, 6.45) is 3.57. The number of nitrogens with zero attached hydrogens (tertiary/aromatic N) is 2. The van der Waals surface area contributed by atoms with Crippen molar-refractivity contribution in [3.8, 4) is 11.5 Å². The van der Waals surface area contributed by atoms with Gasteiger partial charge in [0.15, 0.2) is 11.5 Å². The Hall–Kier alpha value is -3.45. The van der Waals surface area contributed by atoms with Crippen LogP contribution >= 0.6 is 0 Å². The number of sulfonamides is 2. The molecular weight excluding hydrogens is 554 g/mol. The minimum Gasteiger partial charge on any atom is -0.454 e. The largest absolute Gasteiger partial charge is 0.454 e. The zero-order chi connectivity index (χ0) is 28.2. The van der Waals surface area contributed by atoms with Crippen molar-refractivity contribution >= 4 is 31.6 Å². The van der Waals surface area contributed by atoms with Crippen LogP contribution in [0.25, 0.3) is 0 Å². The summed E-state index contributed by atoms with van der Waals surface area (Å²) in [5.74, 6) is 0.531. The highest BCUT2D eigenvalue weighted by atomic mass is 32.2. The van der Waals surface area contributed by atoms with E-state index in [1.165, 1.54) is 28.6 Å². The normalized spacial score (nSPS) is 16.0. The van der Waals surface area contributed by atoms with Gasteiger partial charge in [-0.2, -0.15) is 8.61 Å². The quantitative estimate of drug-likeness (QED) is 0.405.